The average molecular weight is 226 g/mol. The molecular weight excluding hydrogens is 204 g/mol. The standard InChI is InChI=1S/C12H22N2S/c1-5-12(6-2,7-3)14-8-11-10(4)13-9-15-11/h9,14H,5-8H2,1-4H3. The minimum atomic E-state index is 0.316. The normalized spacial score (nSPS) is 12.0. The molecular formula is C12H22N2S. The summed E-state index contributed by atoms with van der Waals surface area (Å²) in [6.45, 7) is 9.84. The van der Waals surface area contributed by atoms with Crippen molar-refractivity contribution in [2.24, 2.45) is 0 Å². The Kier molecular flexibility index (Phi) is 4.74. The van der Waals surface area contributed by atoms with Crippen molar-refractivity contribution in [3.05, 3.63) is 16.1 Å². The summed E-state index contributed by atoms with van der Waals surface area (Å²) >= 11 is 1.75. The molecule has 15 heavy (non-hydrogen) atoms. The predicted molar refractivity (Wildman–Crippen MR) is 67.3 cm³/mol. The van der Waals surface area contributed by atoms with E-state index < -0.39 is 0 Å². The van der Waals surface area contributed by atoms with Gasteiger partial charge in [-0.05, 0) is 26.2 Å². The topological polar surface area (TPSA) is 24.9 Å². The van der Waals surface area contributed by atoms with Gasteiger partial charge in [0.15, 0.2) is 0 Å². The van der Waals surface area contributed by atoms with E-state index in [4.69, 9.17) is 0 Å². The zero-order valence-corrected chi connectivity index (χ0v) is 11.1. The molecule has 1 N–H and O–H groups in total. The third-order valence-corrected chi connectivity index (χ3v) is 4.43. The molecule has 0 spiro atoms. The van der Waals surface area contributed by atoms with E-state index in [9.17, 15) is 0 Å². The third-order valence-electron chi connectivity index (χ3n) is 3.50. The van der Waals surface area contributed by atoms with Crippen molar-refractivity contribution in [1.82, 2.24) is 10.3 Å². The highest BCUT2D eigenvalue weighted by molar-refractivity contribution is 7.09. The molecule has 86 valence electrons. The zero-order chi connectivity index (χ0) is 11.3. The van der Waals surface area contributed by atoms with Crippen molar-refractivity contribution in [2.75, 3.05) is 0 Å². The fourth-order valence-electron chi connectivity index (χ4n) is 1.89. The van der Waals surface area contributed by atoms with Gasteiger partial charge in [0.05, 0.1) is 11.2 Å². The molecule has 0 atom stereocenters. The number of nitrogens with one attached hydrogen (secondary N) is 1. The number of hydrogen-bond donors (Lipinski definition) is 1. The summed E-state index contributed by atoms with van der Waals surface area (Å²) in [5.41, 5.74) is 3.42. The van der Waals surface area contributed by atoms with Gasteiger partial charge in [0, 0.05) is 17.0 Å². The Balaban J connectivity index is 2.58. The molecule has 1 aromatic heterocycles. The summed E-state index contributed by atoms with van der Waals surface area (Å²) in [7, 11) is 0. The van der Waals surface area contributed by atoms with E-state index in [0.717, 1.165) is 6.54 Å². The van der Waals surface area contributed by atoms with Crippen LogP contribution >= 0.6 is 11.3 Å². The van der Waals surface area contributed by atoms with Gasteiger partial charge in [-0.15, -0.1) is 11.3 Å². The van der Waals surface area contributed by atoms with E-state index in [1.807, 2.05) is 5.51 Å². The van der Waals surface area contributed by atoms with Gasteiger partial charge in [0.2, 0.25) is 0 Å². The van der Waals surface area contributed by atoms with E-state index in [-0.39, 0.29) is 0 Å². The zero-order valence-electron chi connectivity index (χ0n) is 10.3. The molecule has 1 aromatic rings. The molecule has 0 aliphatic rings. The van der Waals surface area contributed by atoms with E-state index >= 15 is 0 Å². The summed E-state index contributed by atoms with van der Waals surface area (Å²) in [5, 5.41) is 3.70. The molecule has 2 nitrogen and oxygen atoms in total. The van der Waals surface area contributed by atoms with Gasteiger partial charge in [-0.2, -0.15) is 0 Å². The first kappa shape index (κ1) is 12.7. The number of aromatic nitrogens is 1. The van der Waals surface area contributed by atoms with E-state index in [1.54, 1.807) is 11.3 Å². The largest absolute Gasteiger partial charge is 0.306 e. The molecule has 0 unspecified atom stereocenters. The highest BCUT2D eigenvalue weighted by atomic mass is 32.1. The van der Waals surface area contributed by atoms with Crippen molar-refractivity contribution in [3.8, 4) is 0 Å². The Morgan fingerprint density at radius 2 is 1.87 bits per heavy atom. The number of rotatable bonds is 6. The van der Waals surface area contributed by atoms with Crippen molar-refractivity contribution in [2.45, 2.75) is 59.0 Å². The maximum atomic E-state index is 4.27. The van der Waals surface area contributed by atoms with Crippen LogP contribution in [0, 0.1) is 6.92 Å². The first-order valence-corrected chi connectivity index (χ1v) is 6.69. The maximum Gasteiger partial charge on any atom is 0.0798 e. The monoisotopic (exact) mass is 226 g/mol. The summed E-state index contributed by atoms with van der Waals surface area (Å²) in [4.78, 5) is 5.64. The molecule has 0 amide bonds. The fourth-order valence-corrected chi connectivity index (χ4v) is 2.61. The summed E-state index contributed by atoms with van der Waals surface area (Å²) in [5.74, 6) is 0. The lowest BCUT2D eigenvalue weighted by molar-refractivity contribution is 0.289. The first-order valence-electron chi connectivity index (χ1n) is 5.81. The van der Waals surface area contributed by atoms with Gasteiger partial charge in [0.25, 0.3) is 0 Å². The summed E-state index contributed by atoms with van der Waals surface area (Å²) in [6, 6.07) is 0. The molecule has 0 saturated heterocycles. The Hall–Kier alpha value is -0.410. The van der Waals surface area contributed by atoms with Gasteiger partial charge < -0.3 is 5.32 Å². The Morgan fingerprint density at radius 3 is 2.27 bits per heavy atom. The SMILES string of the molecule is CCC(CC)(CC)NCc1scnc1C. The minimum Gasteiger partial charge on any atom is -0.306 e. The van der Waals surface area contributed by atoms with Crippen LogP contribution in [0.25, 0.3) is 0 Å². The second kappa shape index (κ2) is 5.61. The van der Waals surface area contributed by atoms with Gasteiger partial charge in [-0.1, -0.05) is 20.8 Å². The second-order valence-corrected chi connectivity index (χ2v) is 4.99. The van der Waals surface area contributed by atoms with E-state index in [1.165, 1.54) is 29.8 Å². The molecule has 1 rings (SSSR count). The van der Waals surface area contributed by atoms with Gasteiger partial charge in [-0.25, -0.2) is 4.98 Å². The Labute approximate surface area is 97.1 Å². The lowest BCUT2D eigenvalue weighted by Crippen LogP contribution is -2.43. The highest BCUT2D eigenvalue weighted by Gasteiger charge is 2.22. The van der Waals surface area contributed by atoms with Crippen LogP contribution in [0.4, 0.5) is 0 Å². The maximum absolute atomic E-state index is 4.27. The van der Waals surface area contributed by atoms with Crippen LogP contribution < -0.4 is 5.32 Å². The molecule has 0 radical (unpaired) electrons. The van der Waals surface area contributed by atoms with E-state index in [0.29, 0.717) is 5.54 Å². The molecule has 3 heteroatoms. The average Bonchev–Trinajstić information content (AvgIpc) is 2.67. The second-order valence-electron chi connectivity index (χ2n) is 4.06. The van der Waals surface area contributed by atoms with Crippen LogP contribution in [-0.4, -0.2) is 10.5 Å². The molecule has 0 aromatic carbocycles. The van der Waals surface area contributed by atoms with Crippen molar-refractivity contribution < 1.29 is 0 Å². The van der Waals surface area contributed by atoms with Crippen LogP contribution in [0.1, 0.15) is 50.6 Å². The smallest absolute Gasteiger partial charge is 0.0798 e. The fraction of sp³-hybridized carbons (Fsp3) is 0.750. The molecule has 0 bridgehead atoms. The number of nitrogens with zero attached hydrogens (tertiary/aromatic N) is 1. The molecule has 0 aliphatic carbocycles. The molecule has 1 heterocycles. The molecule has 0 fully saturated rings. The number of thiazole rings is 1. The van der Waals surface area contributed by atoms with Crippen LogP contribution in [-0.2, 0) is 6.54 Å². The van der Waals surface area contributed by atoms with Crippen LogP contribution in [0.3, 0.4) is 0 Å². The Bertz CT molecular complexity index is 281. The quantitative estimate of drug-likeness (QED) is 0.803. The van der Waals surface area contributed by atoms with E-state index in [2.05, 4.69) is 38.0 Å². The summed E-state index contributed by atoms with van der Waals surface area (Å²) in [6.07, 6.45) is 3.58. The van der Waals surface area contributed by atoms with Crippen molar-refractivity contribution in [1.29, 1.82) is 0 Å². The third kappa shape index (κ3) is 3.02. The van der Waals surface area contributed by atoms with Crippen molar-refractivity contribution in [3.63, 3.8) is 0 Å². The minimum absolute atomic E-state index is 0.316. The van der Waals surface area contributed by atoms with Crippen LogP contribution in [0.2, 0.25) is 0 Å². The number of aryl methyl sites for hydroxylation is 1. The first-order chi connectivity index (χ1) is 7.17. The molecule has 0 aliphatic heterocycles. The lowest BCUT2D eigenvalue weighted by atomic mass is 9.90. The van der Waals surface area contributed by atoms with Gasteiger partial charge in [-0.3, -0.25) is 0 Å². The molecule has 0 saturated carbocycles. The van der Waals surface area contributed by atoms with Crippen molar-refractivity contribution >= 4 is 11.3 Å². The summed E-state index contributed by atoms with van der Waals surface area (Å²) < 4.78 is 0. The van der Waals surface area contributed by atoms with Crippen LogP contribution in [0.5, 0.6) is 0 Å². The lowest BCUT2D eigenvalue weighted by Gasteiger charge is -2.31. The number of hydrogen-bond acceptors (Lipinski definition) is 3. The Morgan fingerprint density at radius 1 is 1.27 bits per heavy atom. The van der Waals surface area contributed by atoms with Gasteiger partial charge in [0.1, 0.15) is 0 Å². The highest BCUT2D eigenvalue weighted by Crippen LogP contribution is 2.21. The predicted octanol–water partition coefficient (Wildman–Crippen LogP) is 3.51. The van der Waals surface area contributed by atoms with Crippen LogP contribution in [0.15, 0.2) is 5.51 Å². The van der Waals surface area contributed by atoms with Gasteiger partial charge >= 0.3 is 0 Å².